The summed E-state index contributed by atoms with van der Waals surface area (Å²) >= 11 is -4.08. The second kappa shape index (κ2) is 6.66. The van der Waals surface area contributed by atoms with E-state index in [1.807, 2.05) is 54.6 Å². The molecule has 0 aromatic heterocycles. The van der Waals surface area contributed by atoms with Gasteiger partial charge in [-0.2, -0.15) is 0 Å². The van der Waals surface area contributed by atoms with Gasteiger partial charge in [-0.05, 0) is 0 Å². The Balaban J connectivity index is 2.11. The van der Waals surface area contributed by atoms with Crippen molar-refractivity contribution >= 4 is 18.3 Å². The van der Waals surface area contributed by atoms with Gasteiger partial charge in [-0.15, -0.1) is 0 Å². The standard InChI is InChI=1S/C15H11.3C2H3O.Ti/c1-2-5-12(6-3-1)15-10-9-13-7-4-8-14(13)11-15;3*1-2-3;/h1-11H;3*1H3;. The van der Waals surface area contributed by atoms with Crippen LogP contribution in [0.2, 0.25) is 0 Å². The fourth-order valence-electron chi connectivity index (χ4n) is 3.89. The molecule has 1 unspecified atom stereocenters. The van der Waals surface area contributed by atoms with Crippen LogP contribution in [0, 0.1) is 0 Å². The second-order valence-electron chi connectivity index (χ2n) is 6.52. The van der Waals surface area contributed by atoms with Crippen molar-refractivity contribution in [3.8, 4) is 11.1 Å². The van der Waals surface area contributed by atoms with Crippen molar-refractivity contribution < 1.29 is 31.0 Å². The van der Waals surface area contributed by atoms with Gasteiger partial charge in [0.1, 0.15) is 0 Å². The van der Waals surface area contributed by atoms with E-state index in [0.717, 1.165) is 22.3 Å². The third-order valence-corrected chi connectivity index (χ3v) is 12.6. The zero-order chi connectivity index (χ0) is 18.2. The Morgan fingerprint density at radius 2 is 1.40 bits per heavy atom. The molecule has 3 nitrogen and oxygen atoms in total. The molecular weight excluding hydrogens is 348 g/mol. The summed E-state index contributed by atoms with van der Waals surface area (Å²) in [5.74, 6) is 0. The summed E-state index contributed by atoms with van der Waals surface area (Å²) in [4.78, 5) is 37.3. The van der Waals surface area contributed by atoms with Crippen LogP contribution >= 0.6 is 0 Å². The van der Waals surface area contributed by atoms with E-state index in [4.69, 9.17) is 0 Å². The van der Waals surface area contributed by atoms with Gasteiger partial charge in [0.05, 0.1) is 0 Å². The number of allylic oxidation sites excluding steroid dienone is 1. The van der Waals surface area contributed by atoms with Gasteiger partial charge < -0.3 is 0 Å². The van der Waals surface area contributed by atoms with E-state index < -0.39 is 16.6 Å². The molecule has 0 spiro atoms. The minimum absolute atomic E-state index is 0.213. The van der Waals surface area contributed by atoms with Crippen LogP contribution in [0.25, 0.3) is 17.2 Å². The van der Waals surface area contributed by atoms with E-state index in [9.17, 15) is 14.4 Å². The number of carbonyl (C=O) groups is 3. The summed E-state index contributed by atoms with van der Waals surface area (Å²) < 4.78 is -0.994. The molecule has 0 amide bonds. The van der Waals surface area contributed by atoms with Gasteiger partial charge in [0.25, 0.3) is 0 Å². The second-order valence-corrected chi connectivity index (χ2v) is 13.3. The summed E-state index contributed by atoms with van der Waals surface area (Å²) in [5, 5.41) is 0. The molecule has 0 saturated carbocycles. The van der Waals surface area contributed by atoms with E-state index in [0.29, 0.717) is 0 Å². The first-order valence-electron chi connectivity index (χ1n) is 8.29. The van der Waals surface area contributed by atoms with Crippen molar-refractivity contribution in [2.24, 2.45) is 0 Å². The van der Waals surface area contributed by atoms with E-state index in [1.165, 1.54) is 20.8 Å². The molecule has 2 aromatic rings. The van der Waals surface area contributed by atoms with Crippen molar-refractivity contribution in [3.05, 3.63) is 65.7 Å². The molecule has 1 atom stereocenters. The fourth-order valence-corrected chi connectivity index (χ4v) is 10.0. The van der Waals surface area contributed by atoms with Crippen LogP contribution in [0.15, 0.2) is 54.6 Å². The van der Waals surface area contributed by atoms with Gasteiger partial charge in [0, 0.05) is 0 Å². The minimum atomic E-state index is -4.08. The quantitative estimate of drug-likeness (QED) is 0.743. The summed E-state index contributed by atoms with van der Waals surface area (Å²) in [6.45, 7) is 4.23. The molecule has 0 heterocycles. The normalized spacial score (nSPS) is 15.7. The number of fused-ring (bicyclic) bond motifs is 1. The molecule has 0 saturated heterocycles. The zero-order valence-corrected chi connectivity index (χ0v) is 16.1. The van der Waals surface area contributed by atoms with Gasteiger partial charge in [-0.3, -0.25) is 0 Å². The summed E-state index contributed by atoms with van der Waals surface area (Å²) in [6, 6.07) is 16.1. The number of rotatable bonds is 5. The van der Waals surface area contributed by atoms with E-state index in [-0.39, 0.29) is 16.5 Å². The van der Waals surface area contributed by atoms with Gasteiger partial charge in [-0.25, -0.2) is 0 Å². The molecule has 1 aliphatic carbocycles. The van der Waals surface area contributed by atoms with Crippen molar-refractivity contribution in [1.82, 2.24) is 0 Å². The van der Waals surface area contributed by atoms with Crippen LogP contribution in [0.5, 0.6) is 0 Å². The third kappa shape index (κ3) is 2.78. The first-order chi connectivity index (χ1) is 11.9. The predicted octanol–water partition coefficient (Wildman–Crippen LogP) is 4.21. The van der Waals surface area contributed by atoms with Crippen LogP contribution in [0.4, 0.5) is 0 Å². The number of carbonyl (C=O) groups excluding carboxylic acids is 3. The summed E-state index contributed by atoms with van der Waals surface area (Å²) in [7, 11) is 0. The van der Waals surface area contributed by atoms with Crippen LogP contribution in [0.3, 0.4) is 0 Å². The molecule has 0 N–H and O–H groups in total. The molecule has 1 aliphatic rings. The predicted molar refractivity (Wildman–Crippen MR) is 95.7 cm³/mol. The molecular formula is C21H20O3Ti. The Kier molecular flexibility index (Phi) is 4.72. The van der Waals surface area contributed by atoms with E-state index in [1.54, 1.807) is 0 Å². The Morgan fingerprint density at radius 3 is 1.96 bits per heavy atom. The molecule has 126 valence electrons. The van der Waals surface area contributed by atoms with Gasteiger partial charge >= 0.3 is 151 Å². The maximum absolute atomic E-state index is 12.4. The average Bonchev–Trinajstić information content (AvgIpc) is 2.99. The van der Waals surface area contributed by atoms with E-state index >= 15 is 0 Å². The topological polar surface area (TPSA) is 51.2 Å². The molecule has 0 aliphatic heterocycles. The summed E-state index contributed by atoms with van der Waals surface area (Å²) in [5.41, 5.74) is 4.11. The Bertz CT molecular complexity index is 861. The Hall–Kier alpha value is -2.10. The fraction of sp³-hybridized carbons (Fsp3) is 0.190. The first kappa shape index (κ1) is 17.7. The van der Waals surface area contributed by atoms with Crippen molar-refractivity contribution in [2.45, 2.75) is 25.0 Å². The van der Waals surface area contributed by atoms with Crippen molar-refractivity contribution in [2.75, 3.05) is 0 Å². The van der Waals surface area contributed by atoms with Crippen LogP contribution < -0.4 is 0 Å². The average molecular weight is 368 g/mol. The molecule has 0 radical (unpaired) electrons. The molecule has 4 heteroatoms. The molecule has 0 bridgehead atoms. The molecule has 0 fully saturated rings. The van der Waals surface area contributed by atoms with Crippen molar-refractivity contribution in [3.63, 3.8) is 0 Å². The number of hydrogen-bond acceptors (Lipinski definition) is 3. The first-order valence-corrected chi connectivity index (χ1v) is 11.5. The number of hydrogen-bond donors (Lipinski definition) is 0. The van der Waals surface area contributed by atoms with Crippen LogP contribution in [-0.2, 0) is 31.0 Å². The van der Waals surface area contributed by atoms with Crippen LogP contribution in [-0.4, -0.2) is 12.3 Å². The van der Waals surface area contributed by atoms with E-state index in [2.05, 4.69) is 6.07 Å². The number of benzene rings is 2. The Morgan fingerprint density at radius 1 is 0.800 bits per heavy atom. The van der Waals surface area contributed by atoms with Crippen molar-refractivity contribution in [1.29, 1.82) is 0 Å². The van der Waals surface area contributed by atoms with Crippen LogP contribution in [0.1, 0.15) is 36.1 Å². The SMILES string of the molecule is C[C](=O)[Ti]([C](C)=O)([C](C)=O)[CH]1C=Cc2cc(-c3ccccc3)ccc21. The summed E-state index contributed by atoms with van der Waals surface area (Å²) in [6.07, 6.45) is 3.84. The zero-order valence-electron chi connectivity index (χ0n) is 14.6. The molecule has 25 heavy (non-hydrogen) atoms. The molecule has 3 rings (SSSR count). The van der Waals surface area contributed by atoms with Gasteiger partial charge in [0.15, 0.2) is 0 Å². The Labute approximate surface area is 151 Å². The monoisotopic (exact) mass is 368 g/mol. The molecule has 2 aromatic carbocycles. The maximum atomic E-state index is 12.4. The van der Waals surface area contributed by atoms with Gasteiger partial charge in [-0.1, -0.05) is 0 Å². The third-order valence-electron chi connectivity index (χ3n) is 5.13. The van der Waals surface area contributed by atoms with Gasteiger partial charge in [0.2, 0.25) is 0 Å².